The lowest BCUT2D eigenvalue weighted by atomic mass is 10.1. The lowest BCUT2D eigenvalue weighted by Gasteiger charge is -2.15. The van der Waals surface area contributed by atoms with Gasteiger partial charge in [0.25, 0.3) is 11.8 Å². The van der Waals surface area contributed by atoms with Crippen LogP contribution < -0.4 is 5.01 Å². The van der Waals surface area contributed by atoms with Crippen LogP contribution in [0.1, 0.15) is 31.2 Å². The van der Waals surface area contributed by atoms with Crippen LogP contribution in [0.15, 0.2) is 53.5 Å². The minimum absolute atomic E-state index is 0.196. The first-order valence-electron chi connectivity index (χ1n) is 8.34. The predicted molar refractivity (Wildman–Crippen MR) is 111 cm³/mol. The highest BCUT2D eigenvalue weighted by Crippen LogP contribution is 2.36. The number of thiazole rings is 1. The van der Waals surface area contributed by atoms with E-state index in [0.717, 1.165) is 37.8 Å². The maximum Gasteiger partial charge on any atom is 0.281 e. The fraction of sp³-hybridized carbons (Fsp3) is 0. The van der Waals surface area contributed by atoms with Gasteiger partial charge in [-0.05, 0) is 36.5 Å². The molecule has 8 heteroatoms. The average Bonchev–Trinajstić information content (AvgIpc) is 3.31. The first-order valence-corrected chi connectivity index (χ1v) is 9.57. The van der Waals surface area contributed by atoms with Gasteiger partial charge in [0.2, 0.25) is 5.88 Å². The monoisotopic (exact) mass is 405 g/mol. The van der Waals surface area contributed by atoms with E-state index in [2.05, 4.69) is 4.99 Å². The molecule has 0 saturated heterocycles. The summed E-state index contributed by atoms with van der Waals surface area (Å²) in [4.78, 5) is 30.2. The van der Waals surface area contributed by atoms with Crippen LogP contribution >= 0.6 is 23.6 Å². The molecule has 136 valence electrons. The second-order valence-corrected chi connectivity index (χ2v) is 7.89. The number of aromatic nitrogens is 1. The molecule has 2 aliphatic heterocycles. The molecule has 2 aromatic carbocycles. The van der Waals surface area contributed by atoms with Gasteiger partial charge in [0.05, 0.1) is 21.7 Å². The lowest BCUT2D eigenvalue weighted by molar-refractivity contribution is 0.0880. The molecule has 2 aliphatic rings. The van der Waals surface area contributed by atoms with Gasteiger partial charge in [0, 0.05) is 17.4 Å². The van der Waals surface area contributed by atoms with E-state index >= 15 is 0 Å². The third kappa shape index (κ3) is 2.32. The number of nitrogens with zero attached hydrogens (tertiary/aromatic N) is 3. The number of aliphatic imine (C=N–C) groups is 1. The van der Waals surface area contributed by atoms with E-state index in [0.29, 0.717) is 4.88 Å². The third-order valence-electron chi connectivity index (χ3n) is 4.61. The molecule has 6 nitrogen and oxygen atoms in total. The van der Waals surface area contributed by atoms with Crippen molar-refractivity contribution >= 4 is 58.9 Å². The molecule has 0 saturated carbocycles. The van der Waals surface area contributed by atoms with Gasteiger partial charge in [-0.1, -0.05) is 41.7 Å². The zero-order valence-corrected chi connectivity index (χ0v) is 15.8. The Morgan fingerprint density at radius 2 is 1.57 bits per heavy atom. The van der Waals surface area contributed by atoms with Crippen LogP contribution in [-0.2, 0) is 0 Å². The SMILES string of the molecule is O=C1c2ccccc2C(=O)N1n1c(O)c(/C=C2\C=Nc3ccccc32)sc1=S. The number of fused-ring (bicyclic) bond motifs is 2. The summed E-state index contributed by atoms with van der Waals surface area (Å²) in [6.45, 7) is 0. The number of hydrogen-bond acceptors (Lipinski definition) is 6. The van der Waals surface area contributed by atoms with E-state index in [1.165, 1.54) is 0 Å². The standard InChI is InChI=1S/C20H11N3O3S2/c24-17-13-6-1-2-7-14(13)18(25)22(17)23-19(26)16(28-20(23)27)9-11-10-21-15-8-4-3-5-12(11)15/h1-10,26H/b11-9+. The summed E-state index contributed by atoms with van der Waals surface area (Å²) in [5.41, 5.74) is 3.18. The summed E-state index contributed by atoms with van der Waals surface area (Å²) in [7, 11) is 0. The summed E-state index contributed by atoms with van der Waals surface area (Å²) in [6.07, 6.45) is 3.46. The van der Waals surface area contributed by atoms with Gasteiger partial charge >= 0.3 is 0 Å². The lowest BCUT2D eigenvalue weighted by Crippen LogP contribution is -2.39. The van der Waals surface area contributed by atoms with E-state index in [1.54, 1.807) is 36.6 Å². The topological polar surface area (TPSA) is 74.9 Å². The van der Waals surface area contributed by atoms with Gasteiger partial charge in [-0.15, -0.1) is 0 Å². The highest BCUT2D eigenvalue weighted by atomic mass is 32.1. The third-order valence-corrected chi connectivity index (χ3v) is 5.90. The number of aromatic hydroxyl groups is 1. The summed E-state index contributed by atoms with van der Waals surface area (Å²) >= 11 is 6.46. The predicted octanol–water partition coefficient (Wildman–Crippen LogP) is 4.17. The van der Waals surface area contributed by atoms with Crippen LogP contribution in [0.2, 0.25) is 0 Å². The Bertz CT molecular complexity index is 1270. The van der Waals surface area contributed by atoms with Crippen LogP contribution in [0.25, 0.3) is 11.6 Å². The highest BCUT2D eigenvalue weighted by molar-refractivity contribution is 7.73. The number of amides is 2. The molecule has 0 bridgehead atoms. The van der Waals surface area contributed by atoms with Crippen molar-refractivity contribution in [1.82, 2.24) is 4.68 Å². The molecule has 0 spiro atoms. The van der Waals surface area contributed by atoms with Crippen LogP contribution in [-0.4, -0.2) is 27.8 Å². The second kappa shape index (κ2) is 6.08. The molecular weight excluding hydrogens is 394 g/mol. The zero-order valence-electron chi connectivity index (χ0n) is 14.2. The summed E-state index contributed by atoms with van der Waals surface area (Å²) < 4.78 is 1.29. The van der Waals surface area contributed by atoms with E-state index < -0.39 is 11.8 Å². The molecule has 28 heavy (non-hydrogen) atoms. The van der Waals surface area contributed by atoms with Crippen LogP contribution in [0.4, 0.5) is 5.69 Å². The smallest absolute Gasteiger partial charge is 0.281 e. The van der Waals surface area contributed by atoms with Crippen molar-refractivity contribution in [2.45, 2.75) is 0 Å². The largest absolute Gasteiger partial charge is 0.492 e. The van der Waals surface area contributed by atoms with Crippen LogP contribution in [0.3, 0.4) is 0 Å². The normalized spacial score (nSPS) is 16.1. The van der Waals surface area contributed by atoms with Gasteiger partial charge in [-0.3, -0.25) is 14.6 Å². The second-order valence-electron chi connectivity index (χ2n) is 6.21. The molecule has 2 amide bonds. The molecule has 1 N–H and O–H groups in total. The maximum atomic E-state index is 12.7. The van der Waals surface area contributed by atoms with Crippen LogP contribution in [0, 0.1) is 3.95 Å². The maximum absolute atomic E-state index is 12.7. The van der Waals surface area contributed by atoms with Gasteiger partial charge in [0.1, 0.15) is 0 Å². The summed E-state index contributed by atoms with van der Waals surface area (Å²) in [6, 6.07) is 14.2. The Balaban J connectivity index is 1.60. The van der Waals surface area contributed by atoms with Crippen molar-refractivity contribution in [1.29, 1.82) is 0 Å². The molecule has 0 radical (unpaired) electrons. The Morgan fingerprint density at radius 3 is 2.25 bits per heavy atom. The Hall–Kier alpha value is -3.36. The van der Waals surface area contributed by atoms with Gasteiger partial charge in [-0.25, -0.2) is 0 Å². The molecule has 0 fully saturated rings. The van der Waals surface area contributed by atoms with Gasteiger partial charge in [0.15, 0.2) is 3.95 Å². The van der Waals surface area contributed by atoms with E-state index in [-0.39, 0.29) is 21.0 Å². The first kappa shape index (κ1) is 16.8. The number of para-hydroxylation sites is 1. The van der Waals surface area contributed by atoms with Crippen molar-refractivity contribution in [2.24, 2.45) is 4.99 Å². The zero-order chi connectivity index (χ0) is 19.4. The fourth-order valence-corrected chi connectivity index (χ4v) is 4.54. The Labute approximate surface area is 168 Å². The number of allylic oxidation sites excluding steroid dienone is 1. The van der Waals surface area contributed by atoms with Crippen molar-refractivity contribution in [2.75, 3.05) is 5.01 Å². The average molecular weight is 405 g/mol. The molecule has 5 rings (SSSR count). The van der Waals surface area contributed by atoms with E-state index in [4.69, 9.17) is 12.2 Å². The number of benzene rings is 2. The van der Waals surface area contributed by atoms with E-state index in [9.17, 15) is 14.7 Å². The van der Waals surface area contributed by atoms with Crippen LogP contribution in [0.5, 0.6) is 5.88 Å². The minimum atomic E-state index is -0.517. The number of carbonyl (C=O) groups is 2. The van der Waals surface area contributed by atoms with Gasteiger partial charge < -0.3 is 5.11 Å². The fourth-order valence-electron chi connectivity index (χ4n) is 3.30. The molecule has 0 unspecified atom stereocenters. The van der Waals surface area contributed by atoms with Crippen molar-refractivity contribution in [3.8, 4) is 5.88 Å². The Kier molecular flexibility index (Phi) is 3.65. The molecular formula is C20H11N3O3S2. The highest BCUT2D eigenvalue weighted by Gasteiger charge is 2.38. The Morgan fingerprint density at radius 1 is 0.964 bits per heavy atom. The van der Waals surface area contributed by atoms with Crippen molar-refractivity contribution < 1.29 is 14.7 Å². The summed E-state index contributed by atoms with van der Waals surface area (Å²) in [5, 5.41) is 11.7. The van der Waals surface area contributed by atoms with E-state index in [1.807, 2.05) is 24.3 Å². The summed E-state index contributed by atoms with van der Waals surface area (Å²) in [5.74, 6) is -1.29. The number of carbonyl (C=O) groups excluding carboxylic acids is 2. The minimum Gasteiger partial charge on any atom is -0.492 e. The van der Waals surface area contributed by atoms with Crippen molar-refractivity contribution in [3.63, 3.8) is 0 Å². The van der Waals surface area contributed by atoms with Gasteiger partial charge in [-0.2, -0.15) is 9.69 Å². The number of rotatable bonds is 2. The molecule has 1 aromatic heterocycles. The van der Waals surface area contributed by atoms with Crippen molar-refractivity contribution in [3.05, 3.63) is 74.1 Å². The number of hydrogen-bond donors (Lipinski definition) is 1. The molecule has 0 aliphatic carbocycles. The quantitative estimate of drug-likeness (QED) is 0.513. The molecule has 3 aromatic rings. The molecule has 3 heterocycles. The first-order chi connectivity index (χ1) is 13.6. The molecule has 0 atom stereocenters. The number of imide groups is 1.